The number of halogens is 1. The van der Waals surface area contributed by atoms with Gasteiger partial charge < -0.3 is 9.30 Å². The molecule has 0 unspecified atom stereocenters. The number of rotatable bonds is 4. The number of aromatic nitrogens is 1. The van der Waals surface area contributed by atoms with Gasteiger partial charge in [-0.05, 0) is 39.0 Å². The van der Waals surface area contributed by atoms with Gasteiger partial charge in [0.1, 0.15) is 18.2 Å². The van der Waals surface area contributed by atoms with Crippen LogP contribution in [-0.4, -0.2) is 11.2 Å². The highest BCUT2D eigenvalue weighted by Crippen LogP contribution is 2.25. The van der Waals surface area contributed by atoms with Crippen LogP contribution in [0.25, 0.3) is 11.3 Å². The number of benzene rings is 1. The molecule has 0 radical (unpaired) electrons. The van der Waals surface area contributed by atoms with Crippen LogP contribution < -0.4 is 10.3 Å². The Morgan fingerprint density at radius 2 is 2.05 bits per heavy atom. The van der Waals surface area contributed by atoms with E-state index in [0.717, 1.165) is 0 Å². The summed E-state index contributed by atoms with van der Waals surface area (Å²) in [7, 11) is 0. The first-order valence-corrected chi connectivity index (χ1v) is 7.11. The largest absolute Gasteiger partial charge is 0.481 e. The van der Waals surface area contributed by atoms with Crippen LogP contribution in [0.2, 0.25) is 0 Å². The molecule has 0 aliphatic heterocycles. The summed E-state index contributed by atoms with van der Waals surface area (Å²) in [4.78, 5) is 12.1. The highest BCUT2D eigenvalue weighted by molar-refractivity contribution is 5.62. The van der Waals surface area contributed by atoms with Crippen molar-refractivity contribution < 1.29 is 9.13 Å². The molecule has 0 N–H and O–H groups in total. The predicted octanol–water partition coefficient (Wildman–Crippen LogP) is 3.38. The molecule has 0 saturated heterocycles. The number of hydrogen-bond acceptors (Lipinski definition) is 2. The zero-order valence-corrected chi connectivity index (χ0v) is 12.9. The fraction of sp³-hybridized carbons (Fsp3) is 0.278. The van der Waals surface area contributed by atoms with E-state index in [-0.39, 0.29) is 12.2 Å². The van der Waals surface area contributed by atoms with Crippen molar-refractivity contribution >= 4 is 0 Å². The first-order valence-electron chi connectivity index (χ1n) is 7.11. The lowest BCUT2D eigenvalue weighted by atomic mass is 10.1. The molecule has 0 amide bonds. The molecule has 3 nitrogen and oxygen atoms in total. The molecule has 0 aliphatic rings. The van der Waals surface area contributed by atoms with Crippen molar-refractivity contribution in [2.45, 2.75) is 27.3 Å². The van der Waals surface area contributed by atoms with Gasteiger partial charge in [-0.2, -0.15) is 0 Å². The van der Waals surface area contributed by atoms with Crippen LogP contribution in [0, 0.1) is 24.6 Å². The Kier molecular flexibility index (Phi) is 5.00. The quantitative estimate of drug-likeness (QED) is 0.810. The Morgan fingerprint density at radius 3 is 2.68 bits per heavy atom. The number of nitrogens with zero attached hydrogens (tertiary/aromatic N) is 1. The first kappa shape index (κ1) is 15.8. The molecule has 1 heterocycles. The molecule has 0 fully saturated rings. The molecule has 2 rings (SSSR count). The zero-order chi connectivity index (χ0) is 16.1. The van der Waals surface area contributed by atoms with Gasteiger partial charge in [-0.25, -0.2) is 4.39 Å². The third-order valence-corrected chi connectivity index (χ3v) is 3.39. The van der Waals surface area contributed by atoms with Gasteiger partial charge in [0.2, 0.25) is 0 Å². The summed E-state index contributed by atoms with van der Waals surface area (Å²) < 4.78 is 21.3. The lowest BCUT2D eigenvalue weighted by Gasteiger charge is -2.13. The number of pyridine rings is 1. The molecule has 0 bridgehead atoms. The third-order valence-electron chi connectivity index (χ3n) is 3.39. The van der Waals surface area contributed by atoms with E-state index in [4.69, 9.17) is 4.74 Å². The normalized spacial score (nSPS) is 10.0. The Balaban J connectivity index is 2.43. The van der Waals surface area contributed by atoms with Crippen LogP contribution in [0.15, 0.2) is 35.1 Å². The topological polar surface area (TPSA) is 31.2 Å². The summed E-state index contributed by atoms with van der Waals surface area (Å²) in [5.41, 5.74) is 1.49. The predicted molar refractivity (Wildman–Crippen MR) is 85.5 cm³/mol. The molecular formula is C18H18FNO2. The highest BCUT2D eigenvalue weighted by atomic mass is 19.1. The van der Waals surface area contributed by atoms with E-state index >= 15 is 0 Å². The minimum atomic E-state index is -0.424. The SMILES string of the molecule is CC#CCOc1ccc(-c2ccc(C)c(=O)n2CC)c(F)c1. The van der Waals surface area contributed by atoms with Gasteiger partial charge in [-0.1, -0.05) is 12.0 Å². The van der Waals surface area contributed by atoms with Crippen LogP contribution in [-0.2, 0) is 6.54 Å². The third kappa shape index (κ3) is 3.20. The average molecular weight is 299 g/mol. The van der Waals surface area contributed by atoms with Gasteiger partial charge in [0.25, 0.3) is 5.56 Å². The Labute approximate surface area is 129 Å². The summed E-state index contributed by atoms with van der Waals surface area (Å²) >= 11 is 0. The first-order chi connectivity index (χ1) is 10.6. The van der Waals surface area contributed by atoms with Crippen LogP contribution in [0.5, 0.6) is 5.75 Å². The highest BCUT2D eigenvalue weighted by Gasteiger charge is 2.12. The van der Waals surface area contributed by atoms with Gasteiger partial charge in [-0.15, -0.1) is 5.92 Å². The van der Waals surface area contributed by atoms with Gasteiger partial charge in [0.05, 0.1) is 5.69 Å². The summed E-state index contributed by atoms with van der Waals surface area (Å²) in [6, 6.07) is 8.10. The lowest BCUT2D eigenvalue weighted by Crippen LogP contribution is -2.22. The summed E-state index contributed by atoms with van der Waals surface area (Å²) in [6.45, 7) is 6.04. The Bertz CT molecular complexity index is 797. The van der Waals surface area contributed by atoms with Crippen LogP contribution in [0.3, 0.4) is 0 Å². The van der Waals surface area contributed by atoms with E-state index in [1.807, 2.05) is 6.92 Å². The minimum absolute atomic E-state index is 0.0991. The van der Waals surface area contributed by atoms with Crippen molar-refractivity contribution in [1.82, 2.24) is 4.57 Å². The molecular weight excluding hydrogens is 281 g/mol. The van der Waals surface area contributed by atoms with Crippen LogP contribution >= 0.6 is 0 Å². The van der Waals surface area contributed by atoms with Gasteiger partial charge in [0.15, 0.2) is 0 Å². The Morgan fingerprint density at radius 1 is 1.27 bits per heavy atom. The molecule has 22 heavy (non-hydrogen) atoms. The summed E-state index contributed by atoms with van der Waals surface area (Å²) in [5.74, 6) is 5.46. The van der Waals surface area contributed by atoms with Crippen molar-refractivity contribution in [1.29, 1.82) is 0 Å². The number of aryl methyl sites for hydroxylation is 1. The maximum absolute atomic E-state index is 14.4. The smallest absolute Gasteiger partial charge is 0.253 e. The van der Waals surface area contributed by atoms with Gasteiger partial charge >= 0.3 is 0 Å². The molecule has 1 aromatic heterocycles. The van der Waals surface area contributed by atoms with Crippen LogP contribution in [0.4, 0.5) is 4.39 Å². The Hall–Kier alpha value is -2.54. The van der Waals surface area contributed by atoms with E-state index in [1.54, 1.807) is 42.7 Å². The minimum Gasteiger partial charge on any atom is -0.481 e. The van der Waals surface area contributed by atoms with E-state index in [9.17, 15) is 9.18 Å². The van der Waals surface area contributed by atoms with E-state index < -0.39 is 5.82 Å². The molecule has 0 spiro atoms. The van der Waals surface area contributed by atoms with Crippen molar-refractivity contribution in [3.05, 3.63) is 52.1 Å². The monoisotopic (exact) mass is 299 g/mol. The molecule has 1 aromatic carbocycles. The summed E-state index contributed by atoms with van der Waals surface area (Å²) in [6.07, 6.45) is 0. The average Bonchev–Trinajstić information content (AvgIpc) is 2.51. The maximum atomic E-state index is 14.4. The molecule has 0 aliphatic carbocycles. The second-order valence-electron chi connectivity index (χ2n) is 4.81. The van der Waals surface area contributed by atoms with Crippen molar-refractivity contribution in [3.63, 3.8) is 0 Å². The standard InChI is InChI=1S/C18H18FNO2/c1-4-6-11-22-14-8-9-15(16(19)12-14)17-10-7-13(3)18(21)20(17)5-2/h7-10,12H,5,11H2,1-3H3. The maximum Gasteiger partial charge on any atom is 0.253 e. The van der Waals surface area contributed by atoms with Crippen molar-refractivity contribution in [3.8, 4) is 28.8 Å². The number of ether oxygens (including phenoxy) is 1. The zero-order valence-electron chi connectivity index (χ0n) is 12.9. The van der Waals surface area contributed by atoms with Crippen molar-refractivity contribution in [2.24, 2.45) is 0 Å². The van der Waals surface area contributed by atoms with E-state index in [2.05, 4.69) is 11.8 Å². The van der Waals surface area contributed by atoms with E-state index in [1.165, 1.54) is 6.07 Å². The number of hydrogen-bond donors (Lipinski definition) is 0. The second kappa shape index (κ2) is 6.95. The molecule has 2 aromatic rings. The summed E-state index contributed by atoms with van der Waals surface area (Å²) in [5, 5.41) is 0. The molecule has 114 valence electrons. The molecule has 0 saturated carbocycles. The van der Waals surface area contributed by atoms with Crippen molar-refractivity contribution in [2.75, 3.05) is 6.61 Å². The van der Waals surface area contributed by atoms with Crippen LogP contribution in [0.1, 0.15) is 19.4 Å². The van der Waals surface area contributed by atoms with Gasteiger partial charge in [0, 0.05) is 23.7 Å². The molecule has 4 heteroatoms. The van der Waals surface area contributed by atoms with Gasteiger partial charge in [-0.3, -0.25) is 4.79 Å². The second-order valence-corrected chi connectivity index (χ2v) is 4.81. The fourth-order valence-electron chi connectivity index (χ4n) is 2.22. The molecule has 0 atom stereocenters. The fourth-order valence-corrected chi connectivity index (χ4v) is 2.22. The lowest BCUT2D eigenvalue weighted by molar-refractivity contribution is 0.368. The van der Waals surface area contributed by atoms with E-state index in [0.29, 0.717) is 29.1 Å².